The maximum Gasteiger partial charge on any atom is 0.164 e. The predicted molar refractivity (Wildman–Crippen MR) is 554 cm³/mol. The number of nitriles is 2. The molecular formula is C124H76N8S2. The average Bonchev–Trinajstić information content (AvgIpc) is 1.58. The van der Waals surface area contributed by atoms with Gasteiger partial charge in [-0.1, -0.05) is 373 Å². The van der Waals surface area contributed by atoms with Gasteiger partial charge < -0.3 is 0 Å². The van der Waals surface area contributed by atoms with Crippen LogP contribution < -0.4 is 0 Å². The maximum atomic E-state index is 9.60. The topological polar surface area (TPSA) is 125 Å². The van der Waals surface area contributed by atoms with E-state index >= 15 is 0 Å². The van der Waals surface area contributed by atoms with Gasteiger partial charge in [-0.25, -0.2) is 29.9 Å². The van der Waals surface area contributed by atoms with Crippen LogP contribution in [0.5, 0.6) is 0 Å². The van der Waals surface area contributed by atoms with Crippen LogP contribution in [0.15, 0.2) is 388 Å². The smallest absolute Gasteiger partial charge is 0.164 e. The summed E-state index contributed by atoms with van der Waals surface area (Å²) in [4.78, 5) is 31.2. The van der Waals surface area contributed by atoms with Crippen molar-refractivity contribution in [3.8, 4) is 203 Å². The summed E-state index contributed by atoms with van der Waals surface area (Å²) in [6.07, 6.45) is 0. The monoisotopic (exact) mass is 1740 g/mol. The first kappa shape index (κ1) is 78.2. The van der Waals surface area contributed by atoms with Crippen molar-refractivity contribution in [2.24, 2.45) is 0 Å². The number of hydrogen-bond donors (Lipinski definition) is 0. The minimum atomic E-state index is -0.147. The fourth-order valence-electron chi connectivity index (χ4n) is 21.8. The van der Waals surface area contributed by atoms with Gasteiger partial charge in [0.15, 0.2) is 34.9 Å². The quantitative estimate of drug-likeness (QED) is 0.125. The van der Waals surface area contributed by atoms with Gasteiger partial charge in [0.2, 0.25) is 0 Å². The molecule has 4 heterocycles. The lowest BCUT2D eigenvalue weighted by Crippen LogP contribution is -2.14. The van der Waals surface area contributed by atoms with E-state index in [1.54, 1.807) is 11.3 Å². The molecule has 0 radical (unpaired) electrons. The Morgan fingerprint density at radius 3 is 0.858 bits per heavy atom. The van der Waals surface area contributed by atoms with Gasteiger partial charge in [0, 0.05) is 84.6 Å². The van der Waals surface area contributed by atoms with E-state index < -0.39 is 0 Å². The molecule has 23 aromatic rings. The molecule has 19 aromatic carbocycles. The van der Waals surface area contributed by atoms with Gasteiger partial charge in [-0.2, -0.15) is 10.5 Å². The van der Waals surface area contributed by atoms with Crippen LogP contribution in [0.2, 0.25) is 0 Å². The van der Waals surface area contributed by atoms with Crippen molar-refractivity contribution in [2.45, 2.75) is 38.5 Å². The summed E-state index contributed by atoms with van der Waals surface area (Å²) in [5.74, 6) is 3.88. The molecular weight excluding hydrogens is 1670 g/mol. The molecule has 0 fully saturated rings. The van der Waals surface area contributed by atoms with Crippen LogP contribution in [0.4, 0.5) is 0 Å². The van der Waals surface area contributed by atoms with E-state index in [0.29, 0.717) is 46.1 Å². The largest absolute Gasteiger partial charge is 0.208 e. The highest BCUT2D eigenvalue weighted by molar-refractivity contribution is 7.26. The van der Waals surface area contributed by atoms with Gasteiger partial charge in [0.25, 0.3) is 0 Å². The van der Waals surface area contributed by atoms with E-state index in [9.17, 15) is 10.5 Å². The molecule has 0 N–H and O–H groups in total. The third kappa shape index (κ3) is 12.3. The van der Waals surface area contributed by atoms with Crippen molar-refractivity contribution in [3.05, 3.63) is 422 Å². The molecule has 4 aliphatic carbocycles. The van der Waals surface area contributed by atoms with Gasteiger partial charge in [0.05, 0.1) is 23.3 Å². The highest BCUT2D eigenvalue weighted by Gasteiger charge is 2.40. The summed E-state index contributed by atoms with van der Waals surface area (Å²) in [5.41, 5.74) is 38.6. The van der Waals surface area contributed by atoms with E-state index in [1.807, 2.05) is 84.1 Å². The van der Waals surface area contributed by atoms with Crippen LogP contribution in [0, 0.1) is 22.7 Å². The standard InChI is InChI=1S/C65H40N4S.C59H36N4S/c1-65(2)55-17-9-8-15-53(55)59-54(16-10-18-56(59)65)64-68-62(41-11-4-3-5-12-41)67-63(69-64)42-25-23-40(24-26-42)45-31-33-51-47-13-6-7-14-48(47)52-34-32-46(60(45)61(51)52)44-28-30-50-49-29-27-43(35-57(49)70-58(50)36-44)39-21-19-38(37-66)20-22-39;1-59(2)49-17-9-8-15-47(49)53-48(16-10-18-50(53)59)58-62-56(36-11-4-3-5-12-36)61-57(63-58)37-22-20-35(21-23-37)39-27-29-45-41-13-6-7-14-42(41)46-30-28-40(54(39)55(45)46)38-24-26-44-43-25-19-34(33-60)31-51(43)64-52(44)32-38/h3-36H,1-2H3;3-32H,1-2H3. The number of rotatable bonds is 11. The van der Waals surface area contributed by atoms with E-state index in [4.69, 9.17) is 29.9 Å². The van der Waals surface area contributed by atoms with Crippen LogP contribution in [0.25, 0.3) is 253 Å². The predicted octanol–water partition coefficient (Wildman–Crippen LogP) is 32.8. The summed E-state index contributed by atoms with van der Waals surface area (Å²) < 4.78 is 4.83. The Labute approximate surface area is 782 Å². The Kier molecular flexibility index (Phi) is 17.7. The lowest BCUT2D eigenvalue weighted by molar-refractivity contribution is 0.660. The molecule has 0 bridgehead atoms. The molecule has 624 valence electrons. The van der Waals surface area contributed by atoms with Gasteiger partial charge in [-0.15, -0.1) is 22.7 Å². The molecule has 0 aliphatic heterocycles. The molecule has 0 saturated carbocycles. The molecule has 4 aromatic heterocycles. The zero-order chi connectivity index (χ0) is 89.3. The second-order valence-electron chi connectivity index (χ2n) is 36.4. The molecule has 4 aliphatic rings. The third-order valence-electron chi connectivity index (χ3n) is 28.3. The minimum Gasteiger partial charge on any atom is -0.208 e. The second kappa shape index (κ2) is 30.4. The van der Waals surface area contributed by atoms with Gasteiger partial charge in [-0.3, -0.25) is 0 Å². The summed E-state index contributed by atoms with van der Waals surface area (Å²) >= 11 is 3.58. The second-order valence-corrected chi connectivity index (χ2v) is 38.5. The number of aromatic nitrogens is 6. The van der Waals surface area contributed by atoms with Crippen molar-refractivity contribution in [3.63, 3.8) is 0 Å². The Bertz CT molecular complexity index is 9010. The molecule has 27 rings (SSSR count). The van der Waals surface area contributed by atoms with Crippen LogP contribution >= 0.6 is 22.7 Å². The lowest BCUT2D eigenvalue weighted by Gasteiger charge is -2.21. The average molecular weight is 1740 g/mol. The van der Waals surface area contributed by atoms with Crippen molar-refractivity contribution < 1.29 is 0 Å². The first-order valence-electron chi connectivity index (χ1n) is 45.4. The van der Waals surface area contributed by atoms with Gasteiger partial charge in [0.1, 0.15) is 0 Å². The zero-order valence-electron chi connectivity index (χ0n) is 73.3. The highest BCUT2D eigenvalue weighted by atomic mass is 32.1. The van der Waals surface area contributed by atoms with Crippen molar-refractivity contribution >= 4 is 84.6 Å². The van der Waals surface area contributed by atoms with Crippen LogP contribution in [-0.2, 0) is 10.8 Å². The molecule has 0 amide bonds. The van der Waals surface area contributed by atoms with Crippen LogP contribution in [-0.4, -0.2) is 29.9 Å². The molecule has 0 unspecified atom stereocenters. The fourth-order valence-corrected chi connectivity index (χ4v) is 24.2. The Morgan fingerprint density at radius 2 is 0.463 bits per heavy atom. The molecule has 10 heteroatoms. The van der Waals surface area contributed by atoms with Gasteiger partial charge in [-0.05, 0) is 209 Å². The number of thiophene rings is 2. The molecule has 134 heavy (non-hydrogen) atoms. The third-order valence-corrected chi connectivity index (χ3v) is 30.6. The highest BCUT2D eigenvalue weighted by Crippen LogP contribution is 2.58. The van der Waals surface area contributed by atoms with Crippen molar-refractivity contribution in [1.82, 2.24) is 29.9 Å². The molecule has 8 nitrogen and oxygen atoms in total. The normalized spacial score (nSPS) is 12.9. The molecule has 0 atom stereocenters. The summed E-state index contributed by atoms with van der Waals surface area (Å²) in [7, 11) is 0. The van der Waals surface area contributed by atoms with Crippen LogP contribution in [0.3, 0.4) is 0 Å². The Balaban J connectivity index is 0.000000140. The van der Waals surface area contributed by atoms with E-state index in [-0.39, 0.29) is 10.8 Å². The van der Waals surface area contributed by atoms with Crippen molar-refractivity contribution in [1.29, 1.82) is 10.5 Å². The number of benzene rings is 19. The summed E-state index contributed by atoms with van der Waals surface area (Å²) in [6, 6.07) is 144. The first-order chi connectivity index (χ1) is 65.8. The van der Waals surface area contributed by atoms with E-state index in [1.165, 1.54) is 180 Å². The first-order valence-corrected chi connectivity index (χ1v) is 47.0. The zero-order valence-corrected chi connectivity index (χ0v) is 75.0. The minimum absolute atomic E-state index is 0.143. The summed E-state index contributed by atoms with van der Waals surface area (Å²) in [6.45, 7) is 9.22. The SMILES string of the molecule is CC1(C)c2ccccc2-c2c(-c3nc(-c4ccccc4)nc(-c4ccc(-c5ccc6c7c(ccc(-c8ccc9c(c8)sc8cc(-c%10ccc(C#N)cc%10)ccc89)c57)-c5ccccc5-6)cc4)n3)cccc21.CC1(C)c2ccccc2-c2c(-c3nc(-c4ccccc4)nc(-c4ccc(-c5ccc6c7c(ccc(-c8ccc9c(c8)sc8cc(C#N)ccc89)c57)-c5ccccc5-6)cc4)n3)cccc21. The maximum absolute atomic E-state index is 9.60. The Hall–Kier alpha value is -16.9. The number of nitrogens with zero attached hydrogens (tertiary/aromatic N) is 8. The fraction of sp³-hybridized carbons (Fsp3) is 0.0484. The van der Waals surface area contributed by atoms with E-state index in [0.717, 1.165) is 60.3 Å². The summed E-state index contributed by atoms with van der Waals surface area (Å²) in [5, 5.41) is 28.9. The van der Waals surface area contributed by atoms with Gasteiger partial charge >= 0.3 is 0 Å². The van der Waals surface area contributed by atoms with Crippen LogP contribution in [0.1, 0.15) is 61.1 Å². The lowest BCUT2D eigenvalue weighted by atomic mass is 9.82. The number of fused-ring (bicyclic) bond motifs is 18. The Morgan fingerprint density at radius 1 is 0.194 bits per heavy atom. The molecule has 0 saturated heterocycles. The molecule has 0 spiro atoms. The van der Waals surface area contributed by atoms with E-state index in [2.05, 4.69) is 355 Å². The number of hydrogen-bond acceptors (Lipinski definition) is 10. The van der Waals surface area contributed by atoms with Crippen molar-refractivity contribution in [2.75, 3.05) is 0 Å².